The van der Waals surface area contributed by atoms with E-state index < -0.39 is 0 Å². The van der Waals surface area contributed by atoms with E-state index in [1.165, 1.54) is 38.4 Å². The second kappa shape index (κ2) is 17.0. The first-order chi connectivity index (χ1) is 27.4. The van der Waals surface area contributed by atoms with Crippen molar-refractivity contribution in [1.29, 1.82) is 0 Å². The van der Waals surface area contributed by atoms with Crippen molar-refractivity contribution in [2.75, 3.05) is 24.1 Å². The third-order valence-electron chi connectivity index (χ3n) is 11.4. The molecule has 14 nitrogen and oxygen atoms in total. The van der Waals surface area contributed by atoms with E-state index in [4.69, 9.17) is 15.4 Å². The lowest BCUT2D eigenvalue weighted by molar-refractivity contribution is -0.134. The number of benzene rings is 1. The maximum atomic E-state index is 13.0. The SMILES string of the molecule is Nc1ncnc2c1c(-c1noc(C3CC3)c1-c1ccccn1)nn2C1CC(C(=O)NCCCCCCCCCCNc2cccc(C3CCC(=O)NC3=O)c2)C1. The number of amides is 3. The maximum absolute atomic E-state index is 13.0. The number of nitrogens with zero attached hydrogens (tertiary/aromatic N) is 6. The van der Waals surface area contributed by atoms with Crippen molar-refractivity contribution < 1.29 is 18.9 Å². The number of nitrogen functional groups attached to an aromatic ring is 1. The zero-order valence-electron chi connectivity index (χ0n) is 31.7. The highest BCUT2D eigenvalue weighted by Gasteiger charge is 2.39. The lowest BCUT2D eigenvalue weighted by Gasteiger charge is -2.34. The number of carbonyl (C=O) groups excluding carboxylic acids is 3. The lowest BCUT2D eigenvalue weighted by atomic mass is 9.79. The Morgan fingerprint density at radius 3 is 2.43 bits per heavy atom. The van der Waals surface area contributed by atoms with Gasteiger partial charge in [-0.2, -0.15) is 5.10 Å². The molecular weight excluding hydrogens is 709 g/mol. The Bertz CT molecular complexity index is 2170. The van der Waals surface area contributed by atoms with Crippen LogP contribution in [0, 0.1) is 5.92 Å². The number of carbonyl (C=O) groups is 3. The first-order valence-electron chi connectivity index (χ1n) is 20.3. The largest absolute Gasteiger partial charge is 0.385 e. The molecule has 1 aromatic carbocycles. The van der Waals surface area contributed by atoms with Gasteiger partial charge in [0.25, 0.3) is 0 Å². The molecule has 0 radical (unpaired) electrons. The molecular formula is C42H50N10O4. The quantitative estimate of drug-likeness (QED) is 0.0541. The Morgan fingerprint density at radius 2 is 1.68 bits per heavy atom. The molecule has 3 aliphatic rings. The van der Waals surface area contributed by atoms with Gasteiger partial charge in [-0.25, -0.2) is 14.6 Å². The molecule has 1 saturated heterocycles. The third kappa shape index (κ3) is 8.29. The molecule has 2 saturated carbocycles. The van der Waals surface area contributed by atoms with Crippen LogP contribution in [0.2, 0.25) is 0 Å². The van der Waals surface area contributed by atoms with Crippen molar-refractivity contribution in [2.45, 2.75) is 108 Å². The Kier molecular flexibility index (Phi) is 11.3. The van der Waals surface area contributed by atoms with Crippen molar-refractivity contribution in [3.05, 3.63) is 66.3 Å². The molecule has 8 rings (SSSR count). The fourth-order valence-corrected chi connectivity index (χ4v) is 8.04. The molecule has 4 aromatic heterocycles. The fourth-order valence-electron chi connectivity index (χ4n) is 8.04. The van der Waals surface area contributed by atoms with Crippen LogP contribution in [0.25, 0.3) is 33.7 Å². The number of hydrogen-bond donors (Lipinski definition) is 4. The minimum absolute atomic E-state index is 0.0105. The van der Waals surface area contributed by atoms with E-state index in [-0.39, 0.29) is 35.6 Å². The standard InChI is InChI=1S/C42H50N10O4/c43-39-35-36(37-34(32-14-7-10-20-45-32)38(56-51-37)26-15-16-26)50-52(40(35)48-25-47-39)30-23-28(24-30)41(54)46-21-9-6-4-2-1-3-5-8-19-44-29-13-11-12-27(22-29)31-17-18-33(53)49-42(31)55/h7,10-14,20,22,25-26,28,30-31,44H,1-6,8-9,15-19,21,23-24H2,(H,46,54)(H2,43,47,48)(H,49,53,55). The van der Waals surface area contributed by atoms with E-state index in [1.807, 2.05) is 47.1 Å². The average Bonchev–Trinajstić information content (AvgIpc) is 3.82. The molecule has 1 aliphatic heterocycles. The van der Waals surface area contributed by atoms with Crippen LogP contribution in [-0.2, 0) is 14.4 Å². The molecule has 3 amide bonds. The molecule has 292 valence electrons. The summed E-state index contributed by atoms with van der Waals surface area (Å²) in [5.41, 5.74) is 11.8. The predicted octanol–water partition coefficient (Wildman–Crippen LogP) is 6.82. The number of nitrogens with one attached hydrogen (secondary N) is 3. The lowest BCUT2D eigenvalue weighted by Crippen LogP contribution is -2.40. The molecule has 0 spiro atoms. The third-order valence-corrected chi connectivity index (χ3v) is 11.4. The highest BCUT2D eigenvalue weighted by atomic mass is 16.5. The van der Waals surface area contributed by atoms with Crippen LogP contribution in [-0.4, -0.2) is 60.7 Å². The molecule has 5 N–H and O–H groups in total. The summed E-state index contributed by atoms with van der Waals surface area (Å²) >= 11 is 0. The van der Waals surface area contributed by atoms with Gasteiger partial charge in [-0.05, 0) is 74.8 Å². The number of rotatable bonds is 18. The average molecular weight is 759 g/mol. The van der Waals surface area contributed by atoms with Crippen LogP contribution in [0.15, 0.2) is 59.5 Å². The van der Waals surface area contributed by atoms with Gasteiger partial charge in [-0.3, -0.25) is 24.7 Å². The van der Waals surface area contributed by atoms with Crippen molar-refractivity contribution in [3.63, 3.8) is 0 Å². The van der Waals surface area contributed by atoms with Crippen molar-refractivity contribution in [2.24, 2.45) is 5.92 Å². The number of pyridine rings is 1. The molecule has 5 aromatic rings. The smallest absolute Gasteiger partial charge is 0.234 e. The molecule has 56 heavy (non-hydrogen) atoms. The molecule has 3 fully saturated rings. The van der Waals surface area contributed by atoms with Gasteiger partial charge in [-0.15, -0.1) is 0 Å². The predicted molar refractivity (Wildman–Crippen MR) is 212 cm³/mol. The van der Waals surface area contributed by atoms with Gasteiger partial charge >= 0.3 is 0 Å². The summed E-state index contributed by atoms with van der Waals surface area (Å²) in [7, 11) is 0. The van der Waals surface area contributed by atoms with Gasteiger partial charge in [0.2, 0.25) is 17.7 Å². The normalized spacial score (nSPS) is 19.5. The number of fused-ring (bicyclic) bond motifs is 1. The Labute approximate surface area is 325 Å². The zero-order valence-corrected chi connectivity index (χ0v) is 31.7. The van der Waals surface area contributed by atoms with Gasteiger partial charge in [-0.1, -0.05) is 61.9 Å². The number of anilines is 2. The van der Waals surface area contributed by atoms with Crippen LogP contribution in [0.4, 0.5) is 11.5 Å². The van der Waals surface area contributed by atoms with E-state index in [2.05, 4.69) is 36.1 Å². The Morgan fingerprint density at radius 1 is 0.893 bits per heavy atom. The van der Waals surface area contributed by atoms with Gasteiger partial charge < -0.3 is 20.9 Å². The van der Waals surface area contributed by atoms with Crippen LogP contribution in [0.5, 0.6) is 0 Å². The summed E-state index contributed by atoms with van der Waals surface area (Å²) in [5, 5.41) is 19.2. The fraction of sp³-hybridized carbons (Fsp3) is 0.476. The summed E-state index contributed by atoms with van der Waals surface area (Å²) in [6.45, 7) is 1.58. The molecule has 2 aliphatic carbocycles. The first kappa shape index (κ1) is 37.3. The topological polar surface area (TPSA) is 196 Å². The van der Waals surface area contributed by atoms with Crippen LogP contribution < -0.4 is 21.7 Å². The van der Waals surface area contributed by atoms with E-state index in [9.17, 15) is 14.4 Å². The number of unbranched alkanes of at least 4 members (excludes halogenated alkanes) is 7. The van der Waals surface area contributed by atoms with Crippen LogP contribution >= 0.6 is 0 Å². The second-order valence-corrected chi connectivity index (χ2v) is 15.5. The monoisotopic (exact) mass is 758 g/mol. The van der Waals surface area contributed by atoms with Gasteiger partial charge in [0, 0.05) is 43.2 Å². The van der Waals surface area contributed by atoms with Crippen molar-refractivity contribution >= 4 is 40.3 Å². The highest BCUT2D eigenvalue weighted by molar-refractivity contribution is 6.01. The number of piperidine rings is 1. The van der Waals surface area contributed by atoms with Gasteiger partial charge in [0.1, 0.15) is 29.3 Å². The summed E-state index contributed by atoms with van der Waals surface area (Å²) in [5.74, 6) is 0.857. The van der Waals surface area contributed by atoms with E-state index in [0.717, 1.165) is 66.9 Å². The van der Waals surface area contributed by atoms with E-state index >= 15 is 0 Å². The number of imide groups is 1. The summed E-state index contributed by atoms with van der Waals surface area (Å²) in [6, 6.07) is 13.8. The van der Waals surface area contributed by atoms with Gasteiger partial charge in [0.15, 0.2) is 5.65 Å². The summed E-state index contributed by atoms with van der Waals surface area (Å²) < 4.78 is 7.80. The molecule has 1 unspecified atom stereocenters. The van der Waals surface area contributed by atoms with Crippen molar-refractivity contribution in [1.82, 2.24) is 40.5 Å². The van der Waals surface area contributed by atoms with Crippen molar-refractivity contribution in [3.8, 4) is 22.6 Å². The molecule has 5 heterocycles. The van der Waals surface area contributed by atoms with Gasteiger partial charge in [0.05, 0.1) is 28.6 Å². The van der Waals surface area contributed by atoms with E-state index in [0.29, 0.717) is 66.4 Å². The zero-order chi connectivity index (χ0) is 38.4. The molecule has 14 heteroatoms. The van der Waals surface area contributed by atoms with E-state index in [1.54, 1.807) is 6.20 Å². The maximum Gasteiger partial charge on any atom is 0.234 e. The molecule has 1 atom stereocenters. The first-order valence-corrected chi connectivity index (χ1v) is 20.3. The Hall–Kier alpha value is -5.66. The number of aromatic nitrogens is 6. The second-order valence-electron chi connectivity index (χ2n) is 15.5. The summed E-state index contributed by atoms with van der Waals surface area (Å²) in [4.78, 5) is 50.2. The minimum Gasteiger partial charge on any atom is -0.385 e. The Balaban J connectivity index is 0.733. The van der Waals surface area contributed by atoms with Crippen LogP contribution in [0.1, 0.15) is 119 Å². The number of nitrogens with two attached hydrogens (primary N) is 1. The minimum atomic E-state index is -0.261. The highest BCUT2D eigenvalue weighted by Crippen LogP contribution is 2.49. The molecule has 0 bridgehead atoms. The summed E-state index contributed by atoms with van der Waals surface area (Å²) in [6.07, 6.45) is 16.7. The van der Waals surface area contributed by atoms with Crippen LogP contribution in [0.3, 0.4) is 0 Å². The number of hydrogen-bond acceptors (Lipinski definition) is 11.